The minimum atomic E-state index is -0.678. The zero-order valence-corrected chi connectivity index (χ0v) is 15.1. The number of halogens is 4. The molecule has 0 aromatic heterocycles. The number of rotatable bonds is 3. The summed E-state index contributed by atoms with van der Waals surface area (Å²) >= 11 is 11.6. The zero-order chi connectivity index (χ0) is 11.3. The van der Waals surface area contributed by atoms with Crippen LogP contribution < -0.4 is 0 Å². The van der Waals surface area contributed by atoms with Gasteiger partial charge in [0.1, 0.15) is 1.24 Å². The van der Waals surface area contributed by atoms with Crippen molar-refractivity contribution in [3.05, 3.63) is 0 Å². The maximum absolute atomic E-state index is 11.0. The Morgan fingerprint density at radius 1 is 1.57 bits per heavy atom. The minimum absolute atomic E-state index is 0.0876. The monoisotopic (exact) mass is 550 g/mol. The second-order valence-electron chi connectivity index (χ2n) is 4.11. The first-order valence-corrected chi connectivity index (χ1v) is 7.94. The maximum atomic E-state index is 11.0. The lowest BCUT2D eigenvalue weighted by molar-refractivity contribution is -0.139. The van der Waals surface area contributed by atoms with E-state index < -0.39 is 5.97 Å². The van der Waals surface area contributed by atoms with E-state index in [-0.39, 0.29) is 22.4 Å². The van der Waals surface area contributed by atoms with Crippen LogP contribution in [0, 0.1) is 17.3 Å². The molecule has 82 valence electrons. The second kappa shape index (κ2) is 4.29. The van der Waals surface area contributed by atoms with Crippen molar-refractivity contribution >= 4 is 83.0 Å². The van der Waals surface area contributed by atoms with Crippen molar-refractivity contribution in [2.24, 2.45) is 17.3 Å². The Hall–Kier alpha value is 1.89. The summed E-state index contributed by atoms with van der Waals surface area (Å²) in [6, 6.07) is 0. The second-order valence-corrected chi connectivity index (χ2v) is 13.7. The third kappa shape index (κ3) is 2.58. The Kier molecular flexibility index (Phi) is 4.27. The third-order valence-corrected chi connectivity index (χ3v) is 9.07. The fraction of sp³-hybridized carbons (Fsp3) is 0.875. The van der Waals surface area contributed by atoms with Gasteiger partial charge in [-0.05, 0) is 11.3 Å². The van der Waals surface area contributed by atoms with Gasteiger partial charge in [-0.2, -0.15) is 0 Å². The molecule has 1 fully saturated rings. The molecule has 3 atom stereocenters. The first kappa shape index (κ1) is 14.0. The number of carbonyl (C=O) groups is 1. The van der Waals surface area contributed by atoms with Gasteiger partial charge in [-0.25, -0.2) is 0 Å². The number of aliphatic carboxylic acids is 1. The fourth-order valence-corrected chi connectivity index (χ4v) is 4.20. The predicted octanol–water partition coefficient (Wildman–Crippen LogP) is 4.03. The molecule has 0 aliphatic heterocycles. The normalized spacial score (nSPS) is 32.4. The summed E-state index contributed by atoms with van der Waals surface area (Å²) in [7, 11) is 0. The first-order valence-electron chi connectivity index (χ1n) is 4.03. The number of alkyl halides is 4. The highest BCUT2D eigenvalue weighted by Gasteiger charge is 2.66. The molecule has 0 spiro atoms. The van der Waals surface area contributed by atoms with E-state index in [9.17, 15) is 4.79 Å². The molecule has 0 saturated heterocycles. The molecule has 1 aliphatic rings. The lowest BCUT2D eigenvalue weighted by Gasteiger charge is -2.21. The van der Waals surface area contributed by atoms with Crippen molar-refractivity contribution in [1.29, 1.82) is 0 Å². The van der Waals surface area contributed by atoms with Crippen molar-refractivity contribution in [2.45, 2.75) is 19.0 Å². The van der Waals surface area contributed by atoms with E-state index in [1.807, 2.05) is 13.8 Å². The van der Waals surface area contributed by atoms with Crippen LogP contribution in [0.15, 0.2) is 0 Å². The topological polar surface area (TPSA) is 37.3 Å². The minimum Gasteiger partial charge on any atom is -0.481 e. The third-order valence-electron chi connectivity index (χ3n) is 2.80. The summed E-state index contributed by atoms with van der Waals surface area (Å²) in [5, 5.41) is 9.04. The van der Waals surface area contributed by atoms with Crippen LogP contribution in [0.2, 0.25) is 0 Å². The molecule has 6 heteroatoms. The Balaban J connectivity index is 2.79. The van der Waals surface area contributed by atoms with E-state index in [1.54, 1.807) is 0 Å². The van der Waals surface area contributed by atoms with Crippen molar-refractivity contribution in [1.82, 2.24) is 0 Å². The average molecular weight is 552 g/mol. The molecule has 0 aromatic carbocycles. The number of hydrogen-bond acceptors (Lipinski definition) is 1. The summed E-state index contributed by atoms with van der Waals surface area (Å²) < 4.78 is 0.0292. The van der Waals surface area contributed by atoms with E-state index >= 15 is 0 Å². The maximum Gasteiger partial charge on any atom is 0.307 e. The molecule has 0 aromatic rings. The summed E-state index contributed by atoms with van der Waals surface area (Å²) in [6.07, 6.45) is 0. The molecule has 2 nitrogen and oxygen atoms in total. The molecule has 0 amide bonds. The molecule has 1 rings (SSSR count). The van der Waals surface area contributed by atoms with Gasteiger partial charge >= 0.3 is 5.97 Å². The van der Waals surface area contributed by atoms with E-state index in [1.165, 1.54) is 0 Å². The molecule has 0 heterocycles. The Morgan fingerprint density at radius 3 is 2.21 bits per heavy atom. The van der Waals surface area contributed by atoms with Gasteiger partial charge in [0.2, 0.25) is 0 Å². The highest BCUT2D eigenvalue weighted by molar-refractivity contribution is 14.1. The predicted molar refractivity (Wildman–Crippen MR) is 80.8 cm³/mol. The van der Waals surface area contributed by atoms with E-state index in [4.69, 9.17) is 5.11 Å². The van der Waals surface area contributed by atoms with Crippen LogP contribution in [-0.2, 0) is 4.79 Å². The molecule has 14 heavy (non-hydrogen) atoms. The lowest BCUT2D eigenvalue weighted by Crippen LogP contribution is -2.22. The van der Waals surface area contributed by atoms with Crippen molar-refractivity contribution in [3.8, 4) is 0 Å². The molecule has 1 saturated carbocycles. The van der Waals surface area contributed by atoms with Crippen LogP contribution in [0.25, 0.3) is 0 Å². The Bertz CT molecular complexity index is 263. The average Bonchev–Trinajstić information content (AvgIpc) is 2.49. The summed E-state index contributed by atoms with van der Waals surface area (Å²) in [5.41, 5.74) is -0.0876. The van der Waals surface area contributed by atoms with Gasteiger partial charge in [-0.1, -0.05) is 90.9 Å². The first-order chi connectivity index (χ1) is 6.10. The highest BCUT2D eigenvalue weighted by atomic mass is 127. The van der Waals surface area contributed by atoms with Gasteiger partial charge in [0.05, 0.1) is 5.92 Å². The van der Waals surface area contributed by atoms with Crippen LogP contribution in [0.1, 0.15) is 13.8 Å². The van der Waals surface area contributed by atoms with Crippen LogP contribution in [0.4, 0.5) is 0 Å². The van der Waals surface area contributed by atoms with E-state index in [2.05, 4.69) is 77.0 Å². The van der Waals surface area contributed by atoms with Crippen LogP contribution in [0.5, 0.6) is 0 Å². The fourth-order valence-electron chi connectivity index (χ4n) is 1.90. The van der Waals surface area contributed by atoms with Gasteiger partial charge in [0.25, 0.3) is 0 Å². The van der Waals surface area contributed by atoms with Gasteiger partial charge in [-0.3, -0.25) is 4.79 Å². The quantitative estimate of drug-likeness (QED) is 0.425. The number of carboxylic acids is 1. The SMILES string of the molecule is CC1(C)C(C(=O)O)C1C(I)C(Br)(Br)I. The standard InChI is InChI=1S/C8H10Br2I2O2/c1-7(2)3(4(7)6(13)14)5(11)8(9,10)12/h3-5H,1-2H3,(H,13,14). The Morgan fingerprint density at radius 2 is 2.00 bits per heavy atom. The van der Waals surface area contributed by atoms with E-state index in [0.29, 0.717) is 0 Å². The van der Waals surface area contributed by atoms with Gasteiger partial charge in [0.15, 0.2) is 0 Å². The van der Waals surface area contributed by atoms with Gasteiger partial charge < -0.3 is 5.11 Å². The van der Waals surface area contributed by atoms with Crippen LogP contribution in [0.3, 0.4) is 0 Å². The molecule has 0 radical (unpaired) electrons. The van der Waals surface area contributed by atoms with E-state index in [0.717, 1.165) is 0 Å². The number of hydrogen-bond donors (Lipinski definition) is 1. The molecular weight excluding hydrogens is 542 g/mol. The van der Waals surface area contributed by atoms with Gasteiger partial charge in [-0.15, -0.1) is 0 Å². The lowest BCUT2D eigenvalue weighted by atomic mass is 10.1. The molecule has 1 N–H and O–H groups in total. The molecule has 3 unspecified atom stereocenters. The van der Waals surface area contributed by atoms with Crippen LogP contribution in [-0.4, -0.2) is 16.2 Å². The van der Waals surface area contributed by atoms with Crippen LogP contribution >= 0.6 is 77.0 Å². The van der Waals surface area contributed by atoms with Crippen molar-refractivity contribution < 1.29 is 9.90 Å². The smallest absolute Gasteiger partial charge is 0.307 e. The molecular formula is C8H10Br2I2O2. The molecule has 1 aliphatic carbocycles. The summed E-state index contributed by atoms with van der Waals surface area (Å²) in [4.78, 5) is 11.0. The zero-order valence-electron chi connectivity index (χ0n) is 7.60. The summed E-state index contributed by atoms with van der Waals surface area (Å²) in [6.45, 7) is 4.04. The highest BCUT2D eigenvalue weighted by Crippen LogP contribution is 2.65. The largest absolute Gasteiger partial charge is 0.481 e. The van der Waals surface area contributed by atoms with Gasteiger partial charge in [0, 0.05) is 3.92 Å². The number of carboxylic acid groups (broad SMARTS) is 1. The van der Waals surface area contributed by atoms with Crippen molar-refractivity contribution in [3.63, 3.8) is 0 Å². The Labute approximate surface area is 128 Å². The molecule has 0 bridgehead atoms. The summed E-state index contributed by atoms with van der Waals surface area (Å²) in [5.74, 6) is -0.674. The van der Waals surface area contributed by atoms with Crippen molar-refractivity contribution in [2.75, 3.05) is 0 Å².